The van der Waals surface area contributed by atoms with Gasteiger partial charge in [0.2, 0.25) is 0 Å². The Morgan fingerprint density at radius 1 is 1.19 bits per heavy atom. The van der Waals surface area contributed by atoms with E-state index in [4.69, 9.17) is 4.74 Å². The van der Waals surface area contributed by atoms with Gasteiger partial charge in [-0.2, -0.15) is 5.10 Å². The maximum Gasteiger partial charge on any atom is 0.266 e. The predicted octanol–water partition coefficient (Wildman–Crippen LogP) is 2.63. The van der Waals surface area contributed by atoms with Gasteiger partial charge in [-0.05, 0) is 30.3 Å². The molecule has 3 rings (SSSR count). The van der Waals surface area contributed by atoms with Crippen molar-refractivity contribution in [2.45, 2.75) is 6.54 Å². The van der Waals surface area contributed by atoms with Gasteiger partial charge in [-0.15, -0.1) is 0 Å². The van der Waals surface area contributed by atoms with Crippen molar-refractivity contribution in [1.29, 1.82) is 0 Å². The lowest BCUT2D eigenvalue weighted by Gasteiger charge is -2.09. The summed E-state index contributed by atoms with van der Waals surface area (Å²) in [5.74, 6) is 0.747. The Morgan fingerprint density at radius 2 is 2.10 bits per heavy atom. The van der Waals surface area contributed by atoms with Gasteiger partial charge in [-0.3, -0.25) is 9.78 Å². The van der Waals surface area contributed by atoms with E-state index in [1.54, 1.807) is 18.5 Å². The normalized spacial score (nSPS) is 10.7. The van der Waals surface area contributed by atoms with Crippen molar-refractivity contribution in [3.63, 3.8) is 0 Å². The van der Waals surface area contributed by atoms with Crippen LogP contribution in [0, 0.1) is 0 Å². The summed E-state index contributed by atoms with van der Waals surface area (Å²) in [5, 5.41) is 4.93. The molecule has 0 fully saturated rings. The highest BCUT2D eigenvalue weighted by Gasteiger charge is 2.04. The molecule has 0 aliphatic heterocycles. The predicted molar refractivity (Wildman–Crippen MR) is 83.4 cm³/mol. The summed E-state index contributed by atoms with van der Waals surface area (Å²) in [4.78, 5) is 15.8. The van der Waals surface area contributed by atoms with E-state index in [0.717, 1.165) is 21.1 Å². The number of hydrogen-bond acceptors (Lipinski definition) is 4. The molecule has 1 aromatic carbocycles. The highest BCUT2D eigenvalue weighted by atomic mass is 79.9. The Kier molecular flexibility index (Phi) is 3.96. The Morgan fingerprint density at radius 3 is 2.95 bits per heavy atom. The smallest absolute Gasteiger partial charge is 0.266 e. The lowest BCUT2D eigenvalue weighted by Crippen LogP contribution is -2.24. The minimum absolute atomic E-state index is 0.135. The van der Waals surface area contributed by atoms with Gasteiger partial charge in [-0.1, -0.05) is 15.9 Å². The van der Waals surface area contributed by atoms with Crippen molar-refractivity contribution >= 4 is 26.8 Å². The molecule has 0 radical (unpaired) electrons. The first-order valence-corrected chi connectivity index (χ1v) is 7.22. The van der Waals surface area contributed by atoms with Crippen LogP contribution in [0.1, 0.15) is 0 Å². The summed E-state index contributed by atoms with van der Waals surface area (Å²) >= 11 is 3.42. The van der Waals surface area contributed by atoms with Crippen molar-refractivity contribution in [2.75, 3.05) is 6.61 Å². The fourth-order valence-corrected chi connectivity index (χ4v) is 2.37. The van der Waals surface area contributed by atoms with Crippen LogP contribution in [0.2, 0.25) is 0 Å². The molecule has 6 heteroatoms. The average Bonchev–Trinajstić information content (AvgIpc) is 2.49. The van der Waals surface area contributed by atoms with Gasteiger partial charge < -0.3 is 4.74 Å². The fourth-order valence-electron chi connectivity index (χ4n) is 2.02. The number of aromatic nitrogens is 3. The van der Waals surface area contributed by atoms with Crippen LogP contribution in [0.4, 0.5) is 0 Å². The van der Waals surface area contributed by atoms with Crippen molar-refractivity contribution < 1.29 is 4.74 Å². The number of rotatable bonds is 4. The second-order valence-corrected chi connectivity index (χ2v) is 5.32. The van der Waals surface area contributed by atoms with Crippen LogP contribution in [-0.4, -0.2) is 21.4 Å². The van der Waals surface area contributed by atoms with Crippen LogP contribution in [-0.2, 0) is 6.54 Å². The Labute approximate surface area is 129 Å². The van der Waals surface area contributed by atoms with Gasteiger partial charge in [-0.25, -0.2) is 4.68 Å². The lowest BCUT2D eigenvalue weighted by atomic mass is 10.2. The van der Waals surface area contributed by atoms with Crippen molar-refractivity contribution in [2.24, 2.45) is 0 Å². The van der Waals surface area contributed by atoms with E-state index in [9.17, 15) is 4.79 Å². The van der Waals surface area contributed by atoms with E-state index in [1.807, 2.05) is 24.3 Å². The molecule has 0 spiro atoms. The van der Waals surface area contributed by atoms with Crippen LogP contribution >= 0.6 is 15.9 Å². The molecule has 2 aromatic heterocycles. The molecule has 0 unspecified atom stereocenters. The highest BCUT2D eigenvalue weighted by molar-refractivity contribution is 9.10. The first-order valence-electron chi connectivity index (χ1n) is 6.43. The van der Waals surface area contributed by atoms with E-state index >= 15 is 0 Å². The SMILES string of the molecule is O=c1cccnn1CCOc1ccnc2cc(Br)ccc12. The fraction of sp³-hybridized carbons (Fsp3) is 0.133. The third-order valence-corrected chi connectivity index (χ3v) is 3.50. The quantitative estimate of drug-likeness (QED) is 0.729. The number of nitrogens with zero attached hydrogens (tertiary/aromatic N) is 3. The number of hydrogen-bond donors (Lipinski definition) is 0. The molecule has 106 valence electrons. The monoisotopic (exact) mass is 345 g/mol. The Hall–Kier alpha value is -2.21. The van der Waals surface area contributed by atoms with E-state index in [2.05, 4.69) is 26.0 Å². The molecule has 0 N–H and O–H groups in total. The van der Waals surface area contributed by atoms with Gasteiger partial charge in [0, 0.05) is 28.3 Å². The molecular formula is C15H12BrN3O2. The zero-order valence-corrected chi connectivity index (χ0v) is 12.7. The Bertz CT molecular complexity index is 832. The minimum Gasteiger partial charge on any atom is -0.491 e. The van der Waals surface area contributed by atoms with Gasteiger partial charge in [0.25, 0.3) is 5.56 Å². The second-order valence-electron chi connectivity index (χ2n) is 4.40. The highest BCUT2D eigenvalue weighted by Crippen LogP contribution is 2.26. The topological polar surface area (TPSA) is 57.0 Å². The first kappa shape index (κ1) is 13.8. The molecule has 0 amide bonds. The lowest BCUT2D eigenvalue weighted by molar-refractivity contribution is 0.290. The van der Waals surface area contributed by atoms with Crippen LogP contribution in [0.15, 0.2) is 58.1 Å². The zero-order chi connectivity index (χ0) is 14.7. The second kappa shape index (κ2) is 6.05. The van der Waals surface area contributed by atoms with Crippen LogP contribution in [0.3, 0.4) is 0 Å². The molecule has 21 heavy (non-hydrogen) atoms. The molecule has 0 aliphatic carbocycles. The third kappa shape index (κ3) is 3.11. The minimum atomic E-state index is -0.135. The molecule has 0 saturated carbocycles. The third-order valence-electron chi connectivity index (χ3n) is 3.01. The number of pyridine rings is 1. The molecule has 0 aliphatic rings. The summed E-state index contributed by atoms with van der Waals surface area (Å²) < 4.78 is 8.11. The standard InChI is InChI=1S/C15H12BrN3O2/c16-11-3-4-12-13(10-11)17-7-5-14(12)21-9-8-19-15(20)2-1-6-18-19/h1-7,10H,8-9H2. The molecule has 2 heterocycles. The molecule has 0 bridgehead atoms. The molecule has 0 saturated heterocycles. The summed E-state index contributed by atoms with van der Waals surface area (Å²) in [7, 11) is 0. The zero-order valence-electron chi connectivity index (χ0n) is 11.1. The molecule has 3 aromatic rings. The summed E-state index contributed by atoms with van der Waals surface area (Å²) in [6.45, 7) is 0.770. The molecule has 5 nitrogen and oxygen atoms in total. The number of fused-ring (bicyclic) bond motifs is 1. The van der Waals surface area contributed by atoms with Crippen LogP contribution in [0.25, 0.3) is 10.9 Å². The van der Waals surface area contributed by atoms with Crippen molar-refractivity contribution in [3.05, 3.63) is 63.6 Å². The first-order chi connectivity index (χ1) is 10.2. The van der Waals surface area contributed by atoms with E-state index in [1.165, 1.54) is 10.7 Å². The summed E-state index contributed by atoms with van der Waals surface area (Å²) in [5.41, 5.74) is 0.724. The van der Waals surface area contributed by atoms with Gasteiger partial charge in [0.05, 0.1) is 12.1 Å². The average molecular weight is 346 g/mol. The van der Waals surface area contributed by atoms with E-state index < -0.39 is 0 Å². The maximum absolute atomic E-state index is 11.5. The summed E-state index contributed by atoms with van der Waals surface area (Å²) in [6.07, 6.45) is 3.29. The van der Waals surface area contributed by atoms with Crippen LogP contribution < -0.4 is 10.3 Å². The van der Waals surface area contributed by atoms with Gasteiger partial charge in [0.15, 0.2) is 0 Å². The van der Waals surface area contributed by atoms with E-state index in [-0.39, 0.29) is 5.56 Å². The largest absolute Gasteiger partial charge is 0.491 e. The van der Waals surface area contributed by atoms with E-state index in [0.29, 0.717) is 13.2 Å². The molecular weight excluding hydrogens is 334 g/mol. The van der Waals surface area contributed by atoms with Gasteiger partial charge >= 0.3 is 0 Å². The van der Waals surface area contributed by atoms with Crippen molar-refractivity contribution in [1.82, 2.24) is 14.8 Å². The van der Waals surface area contributed by atoms with Gasteiger partial charge in [0.1, 0.15) is 12.4 Å². The number of ether oxygens (including phenoxy) is 1. The Balaban J connectivity index is 1.77. The van der Waals surface area contributed by atoms with Crippen molar-refractivity contribution in [3.8, 4) is 5.75 Å². The summed E-state index contributed by atoms with van der Waals surface area (Å²) in [6, 6.07) is 10.7. The number of benzene rings is 1. The molecule has 0 atom stereocenters. The number of halogens is 1. The van der Waals surface area contributed by atoms with Crippen LogP contribution in [0.5, 0.6) is 5.75 Å². The maximum atomic E-state index is 11.5.